The molecule has 2 atom stereocenters. The van der Waals surface area contributed by atoms with Gasteiger partial charge in [-0.05, 0) is 48.6 Å². The van der Waals surface area contributed by atoms with Crippen LogP contribution >= 0.6 is 11.8 Å². The van der Waals surface area contributed by atoms with Crippen LogP contribution in [0.3, 0.4) is 0 Å². The van der Waals surface area contributed by atoms with Crippen molar-refractivity contribution in [3.05, 3.63) is 65.2 Å². The van der Waals surface area contributed by atoms with Crippen LogP contribution in [-0.2, 0) is 14.3 Å². The van der Waals surface area contributed by atoms with Gasteiger partial charge in [-0.15, -0.1) is 11.8 Å². The molecule has 2 aromatic rings. The molecule has 5 nitrogen and oxygen atoms in total. The van der Waals surface area contributed by atoms with Gasteiger partial charge in [-0.1, -0.05) is 31.2 Å². The molecule has 29 heavy (non-hydrogen) atoms. The summed E-state index contributed by atoms with van der Waals surface area (Å²) in [6.45, 7) is 2.03. The van der Waals surface area contributed by atoms with E-state index in [1.165, 1.54) is 14.2 Å². The Morgan fingerprint density at radius 1 is 1.03 bits per heavy atom. The second kappa shape index (κ2) is 11.4. The first-order valence-corrected chi connectivity index (χ1v) is 10.3. The van der Waals surface area contributed by atoms with Crippen LogP contribution in [0.5, 0.6) is 0 Å². The molecule has 0 amide bonds. The minimum Gasteiger partial charge on any atom is -0.469 e. The number of hydrogen-bond donors (Lipinski definition) is 0. The maximum absolute atomic E-state index is 11.8. The lowest BCUT2D eigenvalue weighted by molar-refractivity contribution is -0.141. The zero-order chi connectivity index (χ0) is 21.2. The number of rotatable bonds is 10. The number of esters is 2. The van der Waals surface area contributed by atoms with Crippen molar-refractivity contribution in [1.82, 2.24) is 0 Å². The summed E-state index contributed by atoms with van der Waals surface area (Å²) in [5, 5.41) is 0.0721. The molecule has 0 N–H and O–H groups in total. The lowest BCUT2D eigenvalue weighted by Crippen LogP contribution is -2.08. The van der Waals surface area contributed by atoms with Gasteiger partial charge in [-0.25, -0.2) is 4.79 Å². The summed E-state index contributed by atoms with van der Waals surface area (Å²) in [7, 11) is 2.76. The standard InChI is InChI=1S/C23H26O5S/c1-16(12-22(25)27-2)10-11-21(18-7-4-6-17(13-18)15-24)29-20-9-5-8-19(14-20)23(26)28-3/h4-9,13-16,21H,10-12H2,1-3H3. The normalized spacial score (nSPS) is 12.7. The van der Waals surface area contributed by atoms with Crippen molar-refractivity contribution in [2.45, 2.75) is 36.3 Å². The number of methoxy groups -OCH3 is 2. The highest BCUT2D eigenvalue weighted by molar-refractivity contribution is 7.99. The molecule has 0 spiro atoms. The number of carbonyl (C=O) groups excluding carboxylic acids is 3. The summed E-state index contributed by atoms with van der Waals surface area (Å²) in [6, 6.07) is 14.8. The predicted molar refractivity (Wildman–Crippen MR) is 113 cm³/mol. The Kier molecular flexibility index (Phi) is 8.93. The van der Waals surface area contributed by atoms with Gasteiger partial charge in [0, 0.05) is 22.1 Å². The van der Waals surface area contributed by atoms with Gasteiger partial charge in [-0.3, -0.25) is 9.59 Å². The van der Waals surface area contributed by atoms with E-state index in [1.54, 1.807) is 23.9 Å². The van der Waals surface area contributed by atoms with Gasteiger partial charge in [0.15, 0.2) is 0 Å². The van der Waals surface area contributed by atoms with Crippen LogP contribution < -0.4 is 0 Å². The Labute approximate surface area is 175 Å². The Bertz CT molecular complexity index is 849. The molecule has 0 saturated heterocycles. The maximum atomic E-state index is 11.8. The Hall–Kier alpha value is -2.60. The van der Waals surface area contributed by atoms with Gasteiger partial charge < -0.3 is 9.47 Å². The molecule has 2 rings (SSSR count). The highest BCUT2D eigenvalue weighted by atomic mass is 32.2. The zero-order valence-corrected chi connectivity index (χ0v) is 17.7. The number of carbonyl (C=O) groups is 3. The summed E-state index contributed by atoms with van der Waals surface area (Å²) in [5.41, 5.74) is 2.16. The molecule has 0 aliphatic rings. The average molecular weight is 415 g/mol. The van der Waals surface area contributed by atoms with E-state index in [-0.39, 0.29) is 23.1 Å². The molecule has 0 aromatic heterocycles. The second-order valence-corrected chi connectivity index (χ2v) is 8.15. The highest BCUT2D eigenvalue weighted by Crippen LogP contribution is 2.40. The maximum Gasteiger partial charge on any atom is 0.337 e. The first kappa shape index (κ1) is 22.7. The van der Waals surface area contributed by atoms with E-state index < -0.39 is 0 Å². The van der Waals surface area contributed by atoms with Crippen molar-refractivity contribution < 1.29 is 23.9 Å². The summed E-state index contributed by atoms with van der Waals surface area (Å²) in [6.07, 6.45) is 2.85. The third kappa shape index (κ3) is 7.06. The molecule has 0 aliphatic carbocycles. The molecule has 2 aromatic carbocycles. The van der Waals surface area contributed by atoms with Crippen LogP contribution in [0.1, 0.15) is 57.7 Å². The minimum atomic E-state index is -0.376. The molecule has 0 radical (unpaired) electrons. The van der Waals surface area contributed by atoms with Crippen LogP contribution in [0, 0.1) is 5.92 Å². The lowest BCUT2D eigenvalue weighted by Gasteiger charge is -2.20. The largest absolute Gasteiger partial charge is 0.469 e. The number of ether oxygens (including phenoxy) is 2. The van der Waals surface area contributed by atoms with Crippen molar-refractivity contribution in [1.29, 1.82) is 0 Å². The smallest absolute Gasteiger partial charge is 0.337 e. The van der Waals surface area contributed by atoms with Crippen molar-refractivity contribution in [3.8, 4) is 0 Å². The van der Waals surface area contributed by atoms with Crippen molar-refractivity contribution >= 4 is 30.0 Å². The van der Waals surface area contributed by atoms with Gasteiger partial charge in [0.25, 0.3) is 0 Å². The summed E-state index contributed by atoms with van der Waals surface area (Å²) in [5.74, 6) is -0.407. The Balaban J connectivity index is 2.21. The third-order valence-corrected chi connectivity index (χ3v) is 5.93. The molecule has 0 saturated carbocycles. The molecule has 0 fully saturated rings. The second-order valence-electron chi connectivity index (χ2n) is 6.88. The van der Waals surface area contributed by atoms with Crippen molar-refractivity contribution in [2.24, 2.45) is 5.92 Å². The Morgan fingerprint density at radius 2 is 1.79 bits per heavy atom. The molecule has 2 unspecified atom stereocenters. The van der Waals surface area contributed by atoms with Gasteiger partial charge >= 0.3 is 11.9 Å². The molecule has 154 valence electrons. The van der Waals surface area contributed by atoms with Gasteiger partial charge in [0.1, 0.15) is 6.29 Å². The van der Waals surface area contributed by atoms with Crippen molar-refractivity contribution in [3.63, 3.8) is 0 Å². The Morgan fingerprint density at radius 3 is 2.48 bits per heavy atom. The van der Waals surface area contributed by atoms with E-state index in [4.69, 9.17) is 9.47 Å². The van der Waals surface area contributed by atoms with Gasteiger partial charge in [-0.2, -0.15) is 0 Å². The zero-order valence-electron chi connectivity index (χ0n) is 16.9. The number of benzene rings is 2. The average Bonchev–Trinajstić information content (AvgIpc) is 2.76. The molecule has 0 bridgehead atoms. The van der Waals surface area contributed by atoms with Crippen LogP contribution in [0.15, 0.2) is 53.4 Å². The highest BCUT2D eigenvalue weighted by Gasteiger charge is 2.18. The van der Waals surface area contributed by atoms with E-state index in [0.29, 0.717) is 17.5 Å². The molecule has 0 aliphatic heterocycles. The van der Waals surface area contributed by atoms with Crippen LogP contribution in [0.2, 0.25) is 0 Å². The third-order valence-electron chi connectivity index (χ3n) is 4.62. The van der Waals surface area contributed by atoms with E-state index in [0.717, 1.165) is 29.6 Å². The summed E-state index contributed by atoms with van der Waals surface area (Å²) >= 11 is 1.63. The van der Waals surface area contributed by atoms with Crippen molar-refractivity contribution in [2.75, 3.05) is 14.2 Å². The predicted octanol–water partition coefficient (Wildman–Crippen LogP) is 5.10. The fourth-order valence-corrected chi connectivity index (χ4v) is 4.23. The van der Waals surface area contributed by atoms with Gasteiger partial charge in [0.2, 0.25) is 0 Å². The van der Waals surface area contributed by atoms with E-state index in [1.807, 2.05) is 43.3 Å². The summed E-state index contributed by atoms with van der Waals surface area (Å²) in [4.78, 5) is 35.5. The van der Waals surface area contributed by atoms with Crippen LogP contribution in [0.4, 0.5) is 0 Å². The summed E-state index contributed by atoms with van der Waals surface area (Å²) < 4.78 is 9.56. The topological polar surface area (TPSA) is 69.7 Å². The first-order valence-electron chi connectivity index (χ1n) is 9.43. The fraction of sp³-hybridized carbons (Fsp3) is 0.348. The lowest BCUT2D eigenvalue weighted by atomic mass is 9.97. The SMILES string of the molecule is COC(=O)CC(C)CCC(Sc1cccc(C(=O)OC)c1)c1cccc(C=O)c1. The number of hydrogen-bond acceptors (Lipinski definition) is 6. The molecular weight excluding hydrogens is 388 g/mol. The molecular formula is C23H26O5S. The molecule has 6 heteroatoms. The van der Waals surface area contributed by atoms with E-state index in [2.05, 4.69) is 0 Å². The fourth-order valence-electron chi connectivity index (χ4n) is 3.01. The van der Waals surface area contributed by atoms with Gasteiger partial charge in [0.05, 0.1) is 19.8 Å². The monoisotopic (exact) mass is 414 g/mol. The van der Waals surface area contributed by atoms with Crippen LogP contribution in [-0.4, -0.2) is 32.4 Å². The minimum absolute atomic E-state index is 0.0721. The molecule has 0 heterocycles. The number of aldehydes is 1. The van der Waals surface area contributed by atoms with E-state index in [9.17, 15) is 14.4 Å². The number of thioether (sulfide) groups is 1. The van der Waals surface area contributed by atoms with E-state index >= 15 is 0 Å². The first-order chi connectivity index (χ1) is 14.0. The quantitative estimate of drug-likeness (QED) is 0.306. The van der Waals surface area contributed by atoms with Crippen LogP contribution in [0.25, 0.3) is 0 Å².